The number of carboxylic acid groups (broad SMARTS) is 1. The van der Waals surface area contributed by atoms with Crippen LogP contribution in [-0.2, 0) is 0 Å². The summed E-state index contributed by atoms with van der Waals surface area (Å²) in [7, 11) is 0. The number of aromatic carboxylic acids is 1. The first-order chi connectivity index (χ1) is 8.25. The summed E-state index contributed by atoms with van der Waals surface area (Å²) >= 11 is 0. The maximum atomic E-state index is 10.9. The molecule has 7 nitrogen and oxygen atoms in total. The second-order valence-corrected chi connectivity index (χ2v) is 3.28. The largest absolute Gasteiger partial charge is 0.476 e. The van der Waals surface area contributed by atoms with Crippen molar-refractivity contribution < 1.29 is 18.9 Å². The number of fused-ring (bicyclic) bond motifs is 1. The molecule has 3 heterocycles. The number of carboxylic acids is 1. The number of carbonyl (C=O) groups is 1. The molecular formula is C10H5N3O4. The molecule has 0 aliphatic carbocycles. The first-order valence-corrected chi connectivity index (χ1v) is 4.66. The molecule has 0 saturated heterocycles. The van der Waals surface area contributed by atoms with E-state index in [1.165, 1.54) is 0 Å². The maximum absolute atomic E-state index is 10.9. The lowest BCUT2D eigenvalue weighted by molar-refractivity contribution is 0.0685. The van der Waals surface area contributed by atoms with Crippen molar-refractivity contribution in [2.45, 2.75) is 0 Å². The van der Waals surface area contributed by atoms with Crippen LogP contribution in [0.3, 0.4) is 0 Å². The molecule has 3 rings (SSSR count). The van der Waals surface area contributed by atoms with Crippen molar-refractivity contribution in [1.82, 2.24) is 15.3 Å². The van der Waals surface area contributed by atoms with Crippen LogP contribution in [0.5, 0.6) is 0 Å². The van der Waals surface area contributed by atoms with Crippen LogP contribution in [0.15, 0.2) is 33.4 Å². The molecule has 0 bridgehead atoms. The first-order valence-electron chi connectivity index (χ1n) is 4.66. The van der Waals surface area contributed by atoms with Gasteiger partial charge in [0.05, 0.1) is 0 Å². The van der Waals surface area contributed by atoms with Gasteiger partial charge in [0.15, 0.2) is 11.5 Å². The standard InChI is InChI=1S/C10H5N3O4/c14-10(15)8-7(12-17-13-8)6-4-5-2-1-3-11-9(5)16-6/h1-4H,(H,14,15). The van der Waals surface area contributed by atoms with Crippen LogP contribution in [0.1, 0.15) is 10.5 Å². The molecule has 0 atom stereocenters. The zero-order valence-electron chi connectivity index (χ0n) is 8.32. The molecule has 7 heteroatoms. The normalized spacial score (nSPS) is 10.8. The molecule has 0 unspecified atom stereocenters. The molecular weight excluding hydrogens is 226 g/mol. The van der Waals surface area contributed by atoms with Gasteiger partial charge in [0.25, 0.3) is 0 Å². The van der Waals surface area contributed by atoms with Crippen molar-refractivity contribution >= 4 is 17.1 Å². The van der Waals surface area contributed by atoms with Crippen molar-refractivity contribution in [2.75, 3.05) is 0 Å². The summed E-state index contributed by atoms with van der Waals surface area (Å²) in [6.07, 6.45) is 1.58. The topological polar surface area (TPSA) is 102 Å². The Hall–Kier alpha value is -2.70. The van der Waals surface area contributed by atoms with Gasteiger partial charge >= 0.3 is 5.97 Å². The van der Waals surface area contributed by atoms with Crippen LogP contribution in [0, 0.1) is 0 Å². The van der Waals surface area contributed by atoms with Crippen LogP contribution in [-0.4, -0.2) is 26.4 Å². The minimum Gasteiger partial charge on any atom is -0.476 e. The smallest absolute Gasteiger partial charge is 0.360 e. The van der Waals surface area contributed by atoms with E-state index in [0.29, 0.717) is 5.71 Å². The van der Waals surface area contributed by atoms with E-state index in [-0.39, 0.29) is 17.1 Å². The summed E-state index contributed by atoms with van der Waals surface area (Å²) in [6.45, 7) is 0. The third-order valence-electron chi connectivity index (χ3n) is 2.22. The summed E-state index contributed by atoms with van der Waals surface area (Å²) in [6, 6.07) is 5.18. The minimum absolute atomic E-state index is 0.0514. The molecule has 0 aliphatic rings. The molecule has 17 heavy (non-hydrogen) atoms. The average molecular weight is 231 g/mol. The lowest BCUT2D eigenvalue weighted by Gasteiger charge is -1.88. The SMILES string of the molecule is O=C(O)c1nonc1-c1cc2cccnc2o1. The second kappa shape index (κ2) is 3.41. The Kier molecular flexibility index (Phi) is 1.91. The number of furan rings is 1. The third kappa shape index (κ3) is 1.44. The van der Waals surface area contributed by atoms with Crippen LogP contribution in [0.25, 0.3) is 22.6 Å². The first kappa shape index (κ1) is 9.52. The zero-order valence-corrected chi connectivity index (χ0v) is 8.32. The van der Waals surface area contributed by atoms with Crippen molar-refractivity contribution in [3.05, 3.63) is 30.1 Å². The van der Waals surface area contributed by atoms with E-state index in [4.69, 9.17) is 9.52 Å². The molecule has 0 saturated carbocycles. The van der Waals surface area contributed by atoms with Crippen LogP contribution in [0.2, 0.25) is 0 Å². The summed E-state index contributed by atoms with van der Waals surface area (Å²) < 4.78 is 9.76. The van der Waals surface area contributed by atoms with Gasteiger partial charge in [-0.2, -0.15) is 0 Å². The molecule has 0 aliphatic heterocycles. The van der Waals surface area contributed by atoms with E-state index < -0.39 is 5.97 Å². The highest BCUT2D eigenvalue weighted by Gasteiger charge is 2.22. The van der Waals surface area contributed by atoms with Gasteiger partial charge in [-0.15, -0.1) is 0 Å². The number of hydrogen-bond donors (Lipinski definition) is 1. The highest BCUT2D eigenvalue weighted by atomic mass is 16.6. The van der Waals surface area contributed by atoms with Crippen molar-refractivity contribution in [3.8, 4) is 11.5 Å². The number of hydrogen-bond acceptors (Lipinski definition) is 6. The van der Waals surface area contributed by atoms with E-state index in [2.05, 4.69) is 19.9 Å². The highest BCUT2D eigenvalue weighted by Crippen LogP contribution is 2.26. The van der Waals surface area contributed by atoms with Gasteiger partial charge in [-0.3, -0.25) is 0 Å². The Morgan fingerprint density at radius 2 is 2.24 bits per heavy atom. The third-order valence-corrected chi connectivity index (χ3v) is 2.22. The van der Waals surface area contributed by atoms with Gasteiger partial charge in [0.2, 0.25) is 11.4 Å². The Labute approximate surface area is 93.6 Å². The van der Waals surface area contributed by atoms with Gasteiger partial charge < -0.3 is 9.52 Å². The Morgan fingerprint density at radius 1 is 1.35 bits per heavy atom. The zero-order chi connectivity index (χ0) is 11.8. The van der Waals surface area contributed by atoms with E-state index in [1.54, 1.807) is 24.4 Å². The fraction of sp³-hybridized carbons (Fsp3) is 0. The molecule has 0 fully saturated rings. The Morgan fingerprint density at radius 3 is 3.00 bits per heavy atom. The lowest BCUT2D eigenvalue weighted by Crippen LogP contribution is -1.98. The maximum Gasteiger partial charge on any atom is 0.360 e. The quantitative estimate of drug-likeness (QED) is 0.713. The molecule has 3 aromatic heterocycles. The summed E-state index contributed by atoms with van der Waals surface area (Å²) in [5.41, 5.74) is 0.168. The Bertz CT molecular complexity index is 667. The molecule has 84 valence electrons. The number of pyridine rings is 1. The lowest BCUT2D eigenvalue weighted by atomic mass is 10.2. The average Bonchev–Trinajstić information content (AvgIpc) is 2.95. The molecule has 1 N–H and O–H groups in total. The molecule has 0 spiro atoms. The van der Waals surface area contributed by atoms with Gasteiger partial charge in [0.1, 0.15) is 0 Å². The fourth-order valence-electron chi connectivity index (χ4n) is 1.48. The van der Waals surface area contributed by atoms with Crippen LogP contribution in [0.4, 0.5) is 0 Å². The summed E-state index contributed by atoms with van der Waals surface area (Å²) in [5, 5.41) is 16.4. The summed E-state index contributed by atoms with van der Waals surface area (Å²) in [5.74, 6) is -0.966. The monoisotopic (exact) mass is 231 g/mol. The van der Waals surface area contributed by atoms with E-state index >= 15 is 0 Å². The predicted molar refractivity (Wildman–Crippen MR) is 54.3 cm³/mol. The minimum atomic E-state index is -1.23. The summed E-state index contributed by atoms with van der Waals surface area (Å²) in [4.78, 5) is 14.8. The van der Waals surface area contributed by atoms with Gasteiger partial charge in [-0.1, -0.05) is 0 Å². The van der Waals surface area contributed by atoms with Crippen LogP contribution < -0.4 is 0 Å². The second-order valence-electron chi connectivity index (χ2n) is 3.28. The van der Waals surface area contributed by atoms with Gasteiger partial charge in [0, 0.05) is 11.6 Å². The number of rotatable bonds is 2. The predicted octanol–water partition coefficient (Wildman–Crippen LogP) is 1.58. The van der Waals surface area contributed by atoms with E-state index in [0.717, 1.165) is 5.39 Å². The number of aromatic nitrogens is 3. The number of nitrogens with zero attached hydrogens (tertiary/aromatic N) is 3. The fourth-order valence-corrected chi connectivity index (χ4v) is 1.48. The highest BCUT2D eigenvalue weighted by molar-refractivity contribution is 5.92. The molecule has 0 amide bonds. The van der Waals surface area contributed by atoms with Crippen molar-refractivity contribution in [2.24, 2.45) is 0 Å². The molecule has 0 aromatic carbocycles. The van der Waals surface area contributed by atoms with Gasteiger partial charge in [-0.25, -0.2) is 14.4 Å². The van der Waals surface area contributed by atoms with Crippen LogP contribution >= 0.6 is 0 Å². The van der Waals surface area contributed by atoms with Gasteiger partial charge in [-0.05, 0) is 28.5 Å². The van der Waals surface area contributed by atoms with Crippen molar-refractivity contribution in [3.63, 3.8) is 0 Å². The molecule has 3 aromatic rings. The Balaban J connectivity index is 2.20. The van der Waals surface area contributed by atoms with E-state index in [9.17, 15) is 4.79 Å². The molecule has 0 radical (unpaired) electrons. The van der Waals surface area contributed by atoms with E-state index in [1.807, 2.05) is 0 Å². The van der Waals surface area contributed by atoms with Crippen molar-refractivity contribution in [1.29, 1.82) is 0 Å².